The standard InChI is InChI=1S/C25H30N2O6/c1-3-33-25(31)18-5-4-14-27(16-18)19-9-12-22(21(15-19)24(29)30)26-23(28)13-8-17-6-10-20(32-2)11-7-17/h6-7,9-12,15,18H,3-5,8,13-14,16H2,1-2H3,(H,26,28)(H,29,30)/t18-/m1/s1. The molecule has 176 valence electrons. The van der Waals surface area contributed by atoms with Crippen LogP contribution in [0.15, 0.2) is 42.5 Å². The molecule has 2 aromatic carbocycles. The minimum absolute atomic E-state index is 0.0172. The first-order chi connectivity index (χ1) is 15.9. The number of ether oxygens (including phenoxy) is 2. The minimum Gasteiger partial charge on any atom is -0.497 e. The van der Waals surface area contributed by atoms with Crippen LogP contribution in [-0.2, 0) is 20.7 Å². The Morgan fingerprint density at radius 3 is 2.58 bits per heavy atom. The number of amides is 1. The van der Waals surface area contributed by atoms with E-state index in [-0.39, 0.29) is 35.5 Å². The molecule has 3 rings (SSSR count). The van der Waals surface area contributed by atoms with Crippen LogP contribution in [0.2, 0.25) is 0 Å². The number of carboxylic acids is 1. The highest BCUT2D eigenvalue weighted by Crippen LogP contribution is 2.28. The van der Waals surface area contributed by atoms with Crippen molar-refractivity contribution in [2.24, 2.45) is 5.92 Å². The topological polar surface area (TPSA) is 105 Å². The second kappa shape index (κ2) is 11.4. The quantitative estimate of drug-likeness (QED) is 0.556. The van der Waals surface area contributed by atoms with Crippen molar-refractivity contribution in [2.75, 3.05) is 37.0 Å². The number of hydrogen-bond acceptors (Lipinski definition) is 6. The number of rotatable bonds is 9. The number of carbonyl (C=O) groups excluding carboxylic acids is 2. The fraction of sp³-hybridized carbons (Fsp3) is 0.400. The maximum atomic E-state index is 12.5. The predicted octanol–water partition coefficient (Wildman–Crippen LogP) is 3.74. The number of hydrogen-bond donors (Lipinski definition) is 2. The Balaban J connectivity index is 1.66. The molecule has 33 heavy (non-hydrogen) atoms. The maximum absolute atomic E-state index is 12.5. The summed E-state index contributed by atoms with van der Waals surface area (Å²) in [4.78, 5) is 38.5. The number of anilines is 2. The van der Waals surface area contributed by atoms with Crippen LogP contribution in [0.1, 0.15) is 42.1 Å². The lowest BCUT2D eigenvalue weighted by molar-refractivity contribution is -0.148. The molecule has 1 aliphatic heterocycles. The van der Waals surface area contributed by atoms with Crippen molar-refractivity contribution in [2.45, 2.75) is 32.6 Å². The lowest BCUT2D eigenvalue weighted by atomic mass is 9.97. The molecule has 2 aromatic rings. The van der Waals surface area contributed by atoms with Gasteiger partial charge in [0.05, 0.1) is 30.9 Å². The van der Waals surface area contributed by atoms with Crippen molar-refractivity contribution >= 4 is 29.2 Å². The molecule has 1 saturated heterocycles. The molecule has 0 bridgehead atoms. The molecule has 0 radical (unpaired) electrons. The summed E-state index contributed by atoms with van der Waals surface area (Å²) >= 11 is 0. The zero-order valence-electron chi connectivity index (χ0n) is 19.0. The monoisotopic (exact) mass is 454 g/mol. The number of carboxylic acid groups (broad SMARTS) is 1. The Bertz CT molecular complexity index is 989. The van der Waals surface area contributed by atoms with E-state index in [0.29, 0.717) is 25.3 Å². The van der Waals surface area contributed by atoms with Crippen LogP contribution in [0.4, 0.5) is 11.4 Å². The van der Waals surface area contributed by atoms with Gasteiger partial charge in [0.1, 0.15) is 5.75 Å². The molecule has 8 heteroatoms. The Labute approximate surface area is 193 Å². The van der Waals surface area contributed by atoms with Gasteiger partial charge in [-0.3, -0.25) is 9.59 Å². The highest BCUT2D eigenvalue weighted by molar-refractivity contribution is 6.01. The van der Waals surface area contributed by atoms with Gasteiger partial charge in [0.2, 0.25) is 5.91 Å². The third-order valence-electron chi connectivity index (χ3n) is 5.71. The van der Waals surface area contributed by atoms with Gasteiger partial charge in [0.25, 0.3) is 0 Å². The minimum atomic E-state index is -1.12. The summed E-state index contributed by atoms with van der Waals surface area (Å²) in [6.45, 7) is 3.32. The van der Waals surface area contributed by atoms with Crippen LogP contribution < -0.4 is 15.0 Å². The van der Waals surface area contributed by atoms with E-state index in [1.165, 1.54) is 0 Å². The molecule has 0 saturated carbocycles. The first-order valence-corrected chi connectivity index (χ1v) is 11.1. The molecule has 0 spiro atoms. The number of nitrogens with one attached hydrogen (secondary N) is 1. The molecule has 0 unspecified atom stereocenters. The molecular weight excluding hydrogens is 424 g/mol. The van der Waals surface area contributed by atoms with Gasteiger partial charge in [-0.15, -0.1) is 0 Å². The summed E-state index contributed by atoms with van der Waals surface area (Å²) in [6.07, 6.45) is 2.32. The summed E-state index contributed by atoms with van der Waals surface area (Å²) in [5.41, 5.74) is 1.96. The van der Waals surface area contributed by atoms with Crippen molar-refractivity contribution in [1.82, 2.24) is 0 Å². The van der Waals surface area contributed by atoms with Gasteiger partial charge in [-0.1, -0.05) is 12.1 Å². The largest absolute Gasteiger partial charge is 0.497 e. The van der Waals surface area contributed by atoms with Crippen LogP contribution in [0.3, 0.4) is 0 Å². The summed E-state index contributed by atoms with van der Waals surface area (Å²) in [6, 6.07) is 12.4. The molecule has 8 nitrogen and oxygen atoms in total. The van der Waals surface area contributed by atoms with E-state index < -0.39 is 5.97 Å². The number of esters is 1. The van der Waals surface area contributed by atoms with Crippen LogP contribution in [0.25, 0.3) is 0 Å². The van der Waals surface area contributed by atoms with Crippen molar-refractivity contribution in [3.8, 4) is 5.75 Å². The van der Waals surface area contributed by atoms with E-state index in [2.05, 4.69) is 5.32 Å². The molecule has 2 N–H and O–H groups in total. The fourth-order valence-corrected chi connectivity index (χ4v) is 3.94. The van der Waals surface area contributed by atoms with Gasteiger partial charge in [-0.25, -0.2) is 4.79 Å². The van der Waals surface area contributed by atoms with Crippen LogP contribution in [-0.4, -0.2) is 49.8 Å². The van der Waals surface area contributed by atoms with Crippen molar-refractivity contribution in [3.05, 3.63) is 53.6 Å². The average molecular weight is 455 g/mol. The smallest absolute Gasteiger partial charge is 0.337 e. The number of piperidine rings is 1. The van der Waals surface area contributed by atoms with Crippen LogP contribution >= 0.6 is 0 Å². The predicted molar refractivity (Wildman–Crippen MR) is 125 cm³/mol. The third kappa shape index (κ3) is 6.47. The van der Waals surface area contributed by atoms with Crippen molar-refractivity contribution in [3.63, 3.8) is 0 Å². The van der Waals surface area contributed by atoms with Gasteiger partial charge >= 0.3 is 11.9 Å². The molecular formula is C25H30N2O6. The summed E-state index contributed by atoms with van der Waals surface area (Å²) in [5.74, 6) is -1.09. The lowest BCUT2D eigenvalue weighted by Crippen LogP contribution is -2.39. The van der Waals surface area contributed by atoms with Crippen molar-refractivity contribution < 1.29 is 29.0 Å². The molecule has 1 aliphatic rings. The van der Waals surface area contributed by atoms with Crippen LogP contribution in [0, 0.1) is 5.92 Å². The zero-order chi connectivity index (χ0) is 23.8. The second-order valence-electron chi connectivity index (χ2n) is 7.97. The SMILES string of the molecule is CCOC(=O)[C@@H]1CCCN(c2ccc(NC(=O)CCc3ccc(OC)cc3)c(C(=O)O)c2)C1. The maximum Gasteiger partial charge on any atom is 0.337 e. The first-order valence-electron chi connectivity index (χ1n) is 11.1. The number of methoxy groups -OCH3 is 1. The lowest BCUT2D eigenvalue weighted by Gasteiger charge is -2.33. The Morgan fingerprint density at radius 2 is 1.91 bits per heavy atom. The van der Waals surface area contributed by atoms with Gasteiger partial charge < -0.3 is 24.8 Å². The number of carbonyl (C=O) groups is 3. The normalized spacial score (nSPS) is 15.6. The van der Waals surface area contributed by atoms with Gasteiger partial charge in [0, 0.05) is 25.2 Å². The Morgan fingerprint density at radius 1 is 1.15 bits per heavy atom. The van der Waals surface area contributed by atoms with E-state index in [1.807, 2.05) is 29.2 Å². The number of aromatic carboxylic acids is 1. The zero-order valence-corrected chi connectivity index (χ0v) is 19.0. The first kappa shape index (κ1) is 24.1. The average Bonchev–Trinajstić information content (AvgIpc) is 2.83. The molecule has 1 atom stereocenters. The third-order valence-corrected chi connectivity index (χ3v) is 5.71. The number of nitrogens with zero attached hydrogens (tertiary/aromatic N) is 1. The van der Waals surface area contributed by atoms with Crippen LogP contribution in [0.5, 0.6) is 5.75 Å². The van der Waals surface area contributed by atoms with E-state index >= 15 is 0 Å². The molecule has 0 aromatic heterocycles. The molecule has 1 amide bonds. The van der Waals surface area contributed by atoms with E-state index in [1.54, 1.807) is 32.2 Å². The summed E-state index contributed by atoms with van der Waals surface area (Å²) in [5, 5.41) is 12.4. The van der Waals surface area contributed by atoms with E-state index in [4.69, 9.17) is 9.47 Å². The molecule has 1 heterocycles. The molecule has 0 aliphatic carbocycles. The highest BCUT2D eigenvalue weighted by atomic mass is 16.5. The van der Waals surface area contributed by atoms with Gasteiger partial charge in [-0.2, -0.15) is 0 Å². The fourth-order valence-electron chi connectivity index (χ4n) is 3.94. The van der Waals surface area contributed by atoms with E-state index in [9.17, 15) is 19.5 Å². The Kier molecular flexibility index (Phi) is 8.29. The number of aryl methyl sites for hydroxylation is 1. The van der Waals surface area contributed by atoms with Crippen molar-refractivity contribution in [1.29, 1.82) is 0 Å². The summed E-state index contributed by atoms with van der Waals surface area (Å²) in [7, 11) is 1.60. The Hall–Kier alpha value is -3.55. The number of benzene rings is 2. The highest BCUT2D eigenvalue weighted by Gasteiger charge is 2.27. The summed E-state index contributed by atoms with van der Waals surface area (Å²) < 4.78 is 10.3. The van der Waals surface area contributed by atoms with E-state index in [0.717, 1.165) is 30.7 Å². The van der Waals surface area contributed by atoms with Gasteiger partial charge in [0.15, 0.2) is 0 Å². The van der Waals surface area contributed by atoms with Gasteiger partial charge in [-0.05, 0) is 62.1 Å². The molecule has 1 fully saturated rings. The second-order valence-corrected chi connectivity index (χ2v) is 7.97.